The third kappa shape index (κ3) is 3.10. The molecule has 0 spiro atoms. The van der Waals surface area contributed by atoms with Crippen molar-refractivity contribution >= 4 is 33.5 Å². The van der Waals surface area contributed by atoms with Crippen molar-refractivity contribution in [3.63, 3.8) is 0 Å². The molecule has 0 bridgehead atoms. The molecule has 9 heteroatoms. The summed E-state index contributed by atoms with van der Waals surface area (Å²) in [6.45, 7) is 0. The van der Waals surface area contributed by atoms with Crippen LogP contribution in [0, 0.1) is 11.8 Å². The molecule has 27 heavy (non-hydrogen) atoms. The minimum Gasteiger partial charge on any atom is -0.274 e. The normalized spacial score (nSPS) is 22.0. The first-order valence-corrected chi connectivity index (χ1v) is 9.88. The largest absolute Gasteiger partial charge is 0.274 e. The van der Waals surface area contributed by atoms with Crippen LogP contribution >= 0.6 is 0 Å². The number of nitrogens with zero attached hydrogens (tertiary/aromatic N) is 3. The van der Waals surface area contributed by atoms with Crippen LogP contribution in [0.2, 0.25) is 0 Å². The molecule has 1 aliphatic heterocycles. The van der Waals surface area contributed by atoms with Gasteiger partial charge in [0.2, 0.25) is 17.8 Å². The van der Waals surface area contributed by atoms with Crippen molar-refractivity contribution in [1.82, 2.24) is 9.97 Å². The summed E-state index contributed by atoms with van der Waals surface area (Å²) in [5.74, 6) is -1.17. The predicted molar refractivity (Wildman–Crippen MR) is 97.1 cm³/mol. The summed E-state index contributed by atoms with van der Waals surface area (Å²) in [6, 6.07) is 7.19. The van der Waals surface area contributed by atoms with Crippen LogP contribution in [-0.4, -0.2) is 30.2 Å². The lowest BCUT2D eigenvalue weighted by Gasteiger charge is -2.15. The maximum absolute atomic E-state index is 12.6. The molecule has 2 unspecified atom stereocenters. The van der Waals surface area contributed by atoms with Gasteiger partial charge in [-0.3, -0.25) is 14.5 Å². The van der Waals surface area contributed by atoms with Gasteiger partial charge < -0.3 is 0 Å². The number of fused-ring (bicyclic) bond motifs is 1. The van der Waals surface area contributed by atoms with E-state index in [9.17, 15) is 18.0 Å². The van der Waals surface area contributed by atoms with Gasteiger partial charge in [0.25, 0.3) is 10.0 Å². The third-order valence-corrected chi connectivity index (χ3v) is 6.05. The number of carbonyl (C=O) groups excluding carboxylic acids is 2. The predicted octanol–water partition coefficient (Wildman–Crippen LogP) is 1.73. The Kier molecular flexibility index (Phi) is 4.23. The number of hydrogen-bond acceptors (Lipinski definition) is 6. The molecule has 1 N–H and O–H groups in total. The van der Waals surface area contributed by atoms with Gasteiger partial charge in [0.1, 0.15) is 0 Å². The summed E-state index contributed by atoms with van der Waals surface area (Å²) in [5, 5.41) is 0. The average Bonchev–Trinajstić information content (AvgIpc) is 2.93. The lowest BCUT2D eigenvalue weighted by molar-refractivity contribution is -0.122. The van der Waals surface area contributed by atoms with E-state index >= 15 is 0 Å². The molecule has 1 aliphatic carbocycles. The van der Waals surface area contributed by atoms with Gasteiger partial charge in [0.15, 0.2) is 0 Å². The van der Waals surface area contributed by atoms with E-state index < -0.39 is 10.0 Å². The number of imide groups is 1. The quantitative estimate of drug-likeness (QED) is 0.635. The fraction of sp³-hybridized carbons (Fsp3) is 0.222. The number of nitrogens with one attached hydrogen (secondary N) is 1. The Balaban J connectivity index is 1.57. The highest BCUT2D eigenvalue weighted by Crippen LogP contribution is 2.37. The summed E-state index contributed by atoms with van der Waals surface area (Å²) in [7, 11) is -3.87. The molecular formula is C18H16N4O4S. The van der Waals surface area contributed by atoms with E-state index in [1.54, 1.807) is 6.07 Å². The van der Waals surface area contributed by atoms with Gasteiger partial charge in [-0.05, 0) is 43.2 Å². The second-order valence-electron chi connectivity index (χ2n) is 6.34. The summed E-state index contributed by atoms with van der Waals surface area (Å²) in [6.07, 6.45) is 7.80. The highest BCUT2D eigenvalue weighted by Gasteiger charge is 2.47. The first-order valence-electron chi connectivity index (χ1n) is 8.40. The maximum atomic E-state index is 12.6. The number of hydrogen-bond donors (Lipinski definition) is 1. The van der Waals surface area contributed by atoms with Gasteiger partial charge in [-0.2, -0.15) is 0 Å². The number of aromatic nitrogens is 2. The molecule has 1 fully saturated rings. The molecule has 1 aromatic carbocycles. The third-order valence-electron chi connectivity index (χ3n) is 4.70. The maximum Gasteiger partial charge on any atom is 0.264 e. The Morgan fingerprint density at radius 2 is 1.48 bits per heavy atom. The fourth-order valence-electron chi connectivity index (χ4n) is 3.36. The first kappa shape index (κ1) is 17.3. The highest BCUT2D eigenvalue weighted by molar-refractivity contribution is 7.92. The van der Waals surface area contributed by atoms with Gasteiger partial charge in [-0.1, -0.05) is 12.2 Å². The summed E-state index contributed by atoms with van der Waals surface area (Å²) < 4.78 is 27.1. The fourth-order valence-corrected chi connectivity index (χ4v) is 4.32. The van der Waals surface area contributed by atoms with Gasteiger partial charge in [-0.25, -0.2) is 23.1 Å². The van der Waals surface area contributed by atoms with E-state index in [-0.39, 0.29) is 34.5 Å². The monoisotopic (exact) mass is 384 g/mol. The average molecular weight is 384 g/mol. The molecule has 4 rings (SSSR count). The molecule has 0 radical (unpaired) electrons. The zero-order valence-corrected chi connectivity index (χ0v) is 15.0. The highest BCUT2D eigenvalue weighted by atomic mass is 32.2. The van der Waals surface area contributed by atoms with Crippen molar-refractivity contribution in [3.05, 3.63) is 54.9 Å². The molecule has 2 aliphatic rings. The Hall–Kier alpha value is -3.07. The van der Waals surface area contributed by atoms with E-state index in [0.29, 0.717) is 18.5 Å². The molecule has 1 saturated heterocycles. The van der Waals surface area contributed by atoms with Crippen molar-refractivity contribution in [2.24, 2.45) is 11.8 Å². The summed E-state index contributed by atoms with van der Waals surface area (Å²) >= 11 is 0. The molecule has 2 atom stereocenters. The number of amides is 2. The topological polar surface area (TPSA) is 109 Å². The van der Waals surface area contributed by atoms with Crippen LogP contribution in [0.1, 0.15) is 12.8 Å². The van der Waals surface area contributed by atoms with Crippen LogP contribution in [0.5, 0.6) is 0 Å². The Bertz CT molecular complexity index is 993. The van der Waals surface area contributed by atoms with Gasteiger partial charge in [0, 0.05) is 12.4 Å². The second kappa shape index (κ2) is 6.58. The van der Waals surface area contributed by atoms with Gasteiger partial charge in [0.05, 0.1) is 22.4 Å². The standard InChI is InChI=1S/C18H16N4O4S/c23-16-14-4-1-2-5-15(14)17(24)22(16)12-6-8-13(9-7-12)27(25,26)21-18-19-10-3-11-20-18/h1-3,6-11,14-15H,4-5H2,(H,19,20,21). The Morgan fingerprint density at radius 3 is 2.04 bits per heavy atom. The summed E-state index contributed by atoms with van der Waals surface area (Å²) in [5.41, 5.74) is 0.370. The lowest BCUT2D eigenvalue weighted by atomic mass is 9.85. The van der Waals surface area contributed by atoms with Crippen molar-refractivity contribution in [3.8, 4) is 0 Å². The number of rotatable bonds is 4. The van der Waals surface area contributed by atoms with Crippen molar-refractivity contribution in [2.45, 2.75) is 17.7 Å². The number of allylic oxidation sites excluding steroid dienone is 2. The van der Waals surface area contributed by atoms with Crippen molar-refractivity contribution < 1.29 is 18.0 Å². The molecule has 1 aromatic heterocycles. The molecule has 2 aromatic rings. The SMILES string of the molecule is O=C1C2CC=CCC2C(=O)N1c1ccc(S(=O)(=O)Nc2ncccn2)cc1. The molecule has 2 amide bonds. The molecular weight excluding hydrogens is 368 g/mol. The molecule has 0 saturated carbocycles. The number of anilines is 2. The zero-order valence-electron chi connectivity index (χ0n) is 14.1. The lowest BCUT2D eigenvalue weighted by Crippen LogP contribution is -2.30. The van der Waals surface area contributed by atoms with E-state index in [2.05, 4.69) is 14.7 Å². The van der Waals surface area contributed by atoms with Crippen LogP contribution < -0.4 is 9.62 Å². The molecule has 2 heterocycles. The number of carbonyl (C=O) groups is 2. The van der Waals surface area contributed by atoms with Gasteiger partial charge in [-0.15, -0.1) is 0 Å². The Morgan fingerprint density at radius 1 is 0.926 bits per heavy atom. The zero-order chi connectivity index (χ0) is 19.0. The minimum absolute atomic E-state index is 0.0168. The number of benzene rings is 1. The Labute approximate surface area is 156 Å². The van der Waals surface area contributed by atoms with E-state index in [0.717, 1.165) is 4.90 Å². The van der Waals surface area contributed by atoms with Crippen LogP contribution in [0.25, 0.3) is 0 Å². The van der Waals surface area contributed by atoms with Gasteiger partial charge >= 0.3 is 0 Å². The molecule has 8 nitrogen and oxygen atoms in total. The second-order valence-corrected chi connectivity index (χ2v) is 8.02. The number of sulfonamides is 1. The first-order chi connectivity index (χ1) is 13.0. The minimum atomic E-state index is -3.87. The van der Waals surface area contributed by atoms with Crippen LogP contribution in [-0.2, 0) is 19.6 Å². The summed E-state index contributed by atoms with van der Waals surface area (Å²) in [4.78, 5) is 34.0. The van der Waals surface area contributed by atoms with E-state index in [1.165, 1.54) is 36.7 Å². The van der Waals surface area contributed by atoms with Crippen LogP contribution in [0.3, 0.4) is 0 Å². The van der Waals surface area contributed by atoms with Crippen molar-refractivity contribution in [1.29, 1.82) is 0 Å². The van der Waals surface area contributed by atoms with Crippen LogP contribution in [0.15, 0.2) is 59.8 Å². The smallest absolute Gasteiger partial charge is 0.264 e. The molecule has 138 valence electrons. The van der Waals surface area contributed by atoms with E-state index in [1.807, 2.05) is 12.2 Å². The van der Waals surface area contributed by atoms with E-state index in [4.69, 9.17) is 0 Å². The van der Waals surface area contributed by atoms with Crippen LogP contribution in [0.4, 0.5) is 11.6 Å². The van der Waals surface area contributed by atoms with Crippen molar-refractivity contribution in [2.75, 3.05) is 9.62 Å².